The van der Waals surface area contributed by atoms with E-state index in [0.717, 1.165) is 5.56 Å². The van der Waals surface area contributed by atoms with Crippen molar-refractivity contribution in [3.8, 4) is 17.2 Å². The van der Waals surface area contributed by atoms with E-state index in [-0.39, 0.29) is 11.5 Å². The van der Waals surface area contributed by atoms with Crippen molar-refractivity contribution in [2.75, 3.05) is 27.9 Å². The van der Waals surface area contributed by atoms with Gasteiger partial charge in [0.15, 0.2) is 11.5 Å². The van der Waals surface area contributed by atoms with Gasteiger partial charge in [0.05, 0.1) is 21.3 Å². The van der Waals surface area contributed by atoms with Crippen molar-refractivity contribution < 1.29 is 19.1 Å². The molecular weight excluding hydrogens is 226 g/mol. The number of rotatable bonds is 6. The van der Waals surface area contributed by atoms with Gasteiger partial charge in [-0.15, -0.1) is 0 Å². The van der Waals surface area contributed by atoms with E-state index in [4.69, 9.17) is 14.2 Å². The molecule has 0 aliphatic carbocycles. The number of methoxy groups -OCH3 is 3. The first-order valence-electron chi connectivity index (χ1n) is 5.03. The topological polar surface area (TPSA) is 70.8 Å². The molecule has 0 aliphatic rings. The van der Waals surface area contributed by atoms with Gasteiger partial charge in [-0.1, -0.05) is 0 Å². The van der Waals surface area contributed by atoms with E-state index in [1.54, 1.807) is 12.1 Å². The summed E-state index contributed by atoms with van der Waals surface area (Å²) in [5.74, 6) is 1.50. The quantitative estimate of drug-likeness (QED) is 0.558. The normalized spacial score (nSPS) is 9.82. The van der Waals surface area contributed by atoms with Gasteiger partial charge in [0, 0.05) is 11.3 Å². The number of nitrogens with zero attached hydrogens (tertiary/aromatic N) is 1. The lowest BCUT2D eigenvalue weighted by atomic mass is 10.1. The molecule has 6 nitrogen and oxygen atoms in total. The van der Waals surface area contributed by atoms with Crippen molar-refractivity contribution in [3.05, 3.63) is 27.8 Å². The summed E-state index contributed by atoms with van der Waals surface area (Å²) in [6, 6.07) is 3.43. The number of nitro groups is 1. The van der Waals surface area contributed by atoms with E-state index < -0.39 is 0 Å². The summed E-state index contributed by atoms with van der Waals surface area (Å²) in [7, 11) is 4.53. The van der Waals surface area contributed by atoms with Crippen molar-refractivity contribution in [1.82, 2.24) is 0 Å². The maximum Gasteiger partial charge on any atom is 0.207 e. The molecular formula is C11H15NO5. The predicted octanol–water partition coefficient (Wildman–Crippen LogP) is 1.53. The fraction of sp³-hybridized carbons (Fsp3) is 0.455. The van der Waals surface area contributed by atoms with Crippen LogP contribution in [0.15, 0.2) is 12.1 Å². The van der Waals surface area contributed by atoms with Crippen LogP contribution in [0.3, 0.4) is 0 Å². The van der Waals surface area contributed by atoms with E-state index in [9.17, 15) is 10.1 Å². The maximum atomic E-state index is 10.3. The zero-order valence-electron chi connectivity index (χ0n) is 10.1. The highest BCUT2D eigenvalue weighted by atomic mass is 16.6. The number of hydrogen-bond donors (Lipinski definition) is 0. The Bertz CT molecular complexity index is 380. The number of ether oxygens (including phenoxy) is 3. The Kier molecular flexibility index (Phi) is 4.56. The highest BCUT2D eigenvalue weighted by Gasteiger charge is 2.13. The van der Waals surface area contributed by atoms with E-state index in [0.29, 0.717) is 23.7 Å². The molecule has 0 unspecified atom stereocenters. The molecule has 0 N–H and O–H groups in total. The Balaban J connectivity index is 3.04. The zero-order chi connectivity index (χ0) is 12.8. The average Bonchev–Trinajstić information content (AvgIpc) is 2.34. The van der Waals surface area contributed by atoms with Crippen LogP contribution in [0.1, 0.15) is 5.56 Å². The fourth-order valence-corrected chi connectivity index (χ4v) is 1.50. The van der Waals surface area contributed by atoms with Crippen LogP contribution in [0.5, 0.6) is 17.2 Å². The summed E-state index contributed by atoms with van der Waals surface area (Å²) in [6.45, 7) is -0.126. The third-order valence-corrected chi connectivity index (χ3v) is 2.31. The van der Waals surface area contributed by atoms with E-state index in [1.165, 1.54) is 21.3 Å². The van der Waals surface area contributed by atoms with Gasteiger partial charge in [0.2, 0.25) is 12.3 Å². The van der Waals surface area contributed by atoms with Crippen molar-refractivity contribution in [2.45, 2.75) is 6.42 Å². The summed E-state index contributed by atoms with van der Waals surface area (Å²) < 4.78 is 15.5. The molecule has 1 rings (SSSR count). The highest BCUT2D eigenvalue weighted by molar-refractivity contribution is 5.53. The first kappa shape index (κ1) is 13.1. The van der Waals surface area contributed by atoms with Gasteiger partial charge < -0.3 is 14.2 Å². The Morgan fingerprint density at radius 2 is 1.65 bits per heavy atom. The molecule has 0 spiro atoms. The SMILES string of the molecule is COc1cc(CC[N+](=O)[O-])cc(OC)c1OC. The first-order valence-corrected chi connectivity index (χ1v) is 5.03. The van der Waals surface area contributed by atoms with Crippen LogP contribution < -0.4 is 14.2 Å². The number of benzene rings is 1. The lowest BCUT2D eigenvalue weighted by Crippen LogP contribution is -2.05. The second-order valence-corrected chi connectivity index (χ2v) is 3.34. The van der Waals surface area contributed by atoms with Crippen molar-refractivity contribution >= 4 is 0 Å². The molecule has 0 radical (unpaired) electrons. The summed E-state index contributed by atoms with van der Waals surface area (Å²) in [4.78, 5) is 9.97. The van der Waals surface area contributed by atoms with Gasteiger partial charge in [-0.2, -0.15) is 0 Å². The van der Waals surface area contributed by atoms with Gasteiger partial charge in [0.1, 0.15) is 0 Å². The molecule has 17 heavy (non-hydrogen) atoms. The molecule has 0 saturated heterocycles. The van der Waals surface area contributed by atoms with Gasteiger partial charge in [-0.3, -0.25) is 10.1 Å². The minimum absolute atomic E-state index is 0.126. The number of hydrogen-bond acceptors (Lipinski definition) is 5. The third kappa shape index (κ3) is 3.24. The van der Waals surface area contributed by atoms with E-state index >= 15 is 0 Å². The molecule has 0 amide bonds. The lowest BCUT2D eigenvalue weighted by Gasteiger charge is -2.13. The summed E-state index contributed by atoms with van der Waals surface area (Å²) in [5, 5.41) is 10.3. The molecule has 0 atom stereocenters. The van der Waals surface area contributed by atoms with Crippen molar-refractivity contribution in [1.29, 1.82) is 0 Å². The van der Waals surface area contributed by atoms with Crippen molar-refractivity contribution in [2.24, 2.45) is 0 Å². The molecule has 6 heteroatoms. The van der Waals surface area contributed by atoms with Crippen LogP contribution in [-0.4, -0.2) is 32.8 Å². The largest absolute Gasteiger partial charge is 0.493 e. The smallest absolute Gasteiger partial charge is 0.207 e. The third-order valence-electron chi connectivity index (χ3n) is 2.31. The van der Waals surface area contributed by atoms with E-state index in [1.807, 2.05) is 0 Å². The maximum absolute atomic E-state index is 10.3. The Hall–Kier alpha value is -1.98. The molecule has 0 aliphatic heterocycles. The molecule has 0 fully saturated rings. The second kappa shape index (κ2) is 5.93. The minimum Gasteiger partial charge on any atom is -0.493 e. The lowest BCUT2D eigenvalue weighted by molar-refractivity contribution is -0.479. The second-order valence-electron chi connectivity index (χ2n) is 3.34. The van der Waals surface area contributed by atoms with Crippen LogP contribution in [0.4, 0.5) is 0 Å². The zero-order valence-corrected chi connectivity index (χ0v) is 10.1. The molecule has 94 valence electrons. The molecule has 1 aromatic carbocycles. The molecule has 1 aromatic rings. The molecule has 0 aromatic heterocycles. The first-order chi connectivity index (χ1) is 8.12. The van der Waals surface area contributed by atoms with Gasteiger partial charge in [-0.25, -0.2) is 0 Å². The van der Waals surface area contributed by atoms with Crippen molar-refractivity contribution in [3.63, 3.8) is 0 Å². The van der Waals surface area contributed by atoms with Gasteiger partial charge in [0.25, 0.3) is 0 Å². The standard InChI is InChI=1S/C11H15NO5/c1-15-9-6-8(4-5-12(13)14)7-10(16-2)11(9)17-3/h6-7H,4-5H2,1-3H3. The fourth-order valence-electron chi connectivity index (χ4n) is 1.50. The summed E-state index contributed by atoms with van der Waals surface area (Å²) in [6.07, 6.45) is 0.323. The summed E-state index contributed by atoms with van der Waals surface area (Å²) >= 11 is 0. The predicted molar refractivity (Wildman–Crippen MR) is 61.7 cm³/mol. The van der Waals surface area contributed by atoms with Crippen LogP contribution in [0.2, 0.25) is 0 Å². The summed E-state index contributed by atoms with van der Waals surface area (Å²) in [5.41, 5.74) is 0.774. The minimum atomic E-state index is -0.358. The molecule has 0 heterocycles. The van der Waals surface area contributed by atoms with Crippen LogP contribution in [0.25, 0.3) is 0 Å². The van der Waals surface area contributed by atoms with E-state index in [2.05, 4.69) is 0 Å². The molecule has 0 bridgehead atoms. The van der Waals surface area contributed by atoms with Gasteiger partial charge >= 0.3 is 0 Å². The Morgan fingerprint density at radius 1 is 1.12 bits per heavy atom. The van der Waals surface area contributed by atoms with Gasteiger partial charge in [-0.05, 0) is 17.7 Å². The Labute approximate surface area is 99.2 Å². The Morgan fingerprint density at radius 3 is 2.00 bits per heavy atom. The highest BCUT2D eigenvalue weighted by Crippen LogP contribution is 2.38. The molecule has 0 saturated carbocycles. The van der Waals surface area contributed by atoms with Crippen LogP contribution >= 0.6 is 0 Å². The van der Waals surface area contributed by atoms with Crippen LogP contribution in [-0.2, 0) is 6.42 Å². The van der Waals surface area contributed by atoms with Crippen LogP contribution in [0, 0.1) is 10.1 Å². The monoisotopic (exact) mass is 241 g/mol. The average molecular weight is 241 g/mol.